The molecule has 4 heteroatoms. The van der Waals surface area contributed by atoms with Crippen LogP contribution in [0, 0.1) is 5.82 Å². The minimum atomic E-state index is -0.668. The SMILES string of the molecule is CN(C)CCC(=O)c1ccc(O)cc1F. The molecule has 0 saturated heterocycles. The Balaban J connectivity index is 2.74. The largest absolute Gasteiger partial charge is 0.508 e. The molecular formula is C11H14FNO2. The first-order valence-corrected chi connectivity index (χ1v) is 4.67. The first-order valence-electron chi connectivity index (χ1n) is 4.67. The molecule has 0 saturated carbocycles. The highest BCUT2D eigenvalue weighted by molar-refractivity contribution is 5.96. The third kappa shape index (κ3) is 3.32. The number of carbonyl (C=O) groups is 1. The maximum Gasteiger partial charge on any atom is 0.167 e. The van der Waals surface area contributed by atoms with E-state index in [1.54, 1.807) is 0 Å². The van der Waals surface area contributed by atoms with Gasteiger partial charge in [0.25, 0.3) is 0 Å². The van der Waals surface area contributed by atoms with Gasteiger partial charge in [0.2, 0.25) is 0 Å². The fraction of sp³-hybridized carbons (Fsp3) is 0.364. The second-order valence-corrected chi connectivity index (χ2v) is 3.64. The Hall–Kier alpha value is -1.42. The summed E-state index contributed by atoms with van der Waals surface area (Å²) < 4.78 is 13.2. The Kier molecular flexibility index (Phi) is 3.80. The van der Waals surface area contributed by atoms with Crippen LogP contribution in [0.5, 0.6) is 5.75 Å². The molecule has 0 amide bonds. The number of hydrogen-bond donors (Lipinski definition) is 1. The van der Waals surface area contributed by atoms with Gasteiger partial charge in [0, 0.05) is 19.0 Å². The smallest absolute Gasteiger partial charge is 0.167 e. The summed E-state index contributed by atoms with van der Waals surface area (Å²) in [7, 11) is 3.70. The van der Waals surface area contributed by atoms with Crippen LogP contribution in [0.1, 0.15) is 16.8 Å². The number of benzene rings is 1. The van der Waals surface area contributed by atoms with Gasteiger partial charge in [-0.2, -0.15) is 0 Å². The van der Waals surface area contributed by atoms with Gasteiger partial charge >= 0.3 is 0 Å². The highest BCUT2D eigenvalue weighted by Gasteiger charge is 2.11. The number of aromatic hydroxyl groups is 1. The normalized spacial score (nSPS) is 10.7. The molecule has 0 fully saturated rings. The van der Waals surface area contributed by atoms with Crippen LogP contribution in [0.4, 0.5) is 4.39 Å². The lowest BCUT2D eigenvalue weighted by atomic mass is 10.1. The molecule has 0 aliphatic rings. The van der Waals surface area contributed by atoms with Crippen molar-refractivity contribution < 1.29 is 14.3 Å². The molecule has 0 spiro atoms. The van der Waals surface area contributed by atoms with Crippen LogP contribution in [0.3, 0.4) is 0 Å². The van der Waals surface area contributed by atoms with Crippen molar-refractivity contribution in [1.29, 1.82) is 0 Å². The van der Waals surface area contributed by atoms with E-state index in [0.717, 1.165) is 6.07 Å². The van der Waals surface area contributed by atoms with Crippen LogP contribution in [0.2, 0.25) is 0 Å². The van der Waals surface area contributed by atoms with Crippen LogP contribution < -0.4 is 0 Å². The number of Topliss-reactive ketones (excluding diaryl/α,β-unsaturated/α-hetero) is 1. The molecule has 0 aliphatic heterocycles. The Labute approximate surface area is 88.1 Å². The Bertz CT molecular complexity index is 364. The van der Waals surface area contributed by atoms with Gasteiger partial charge in [-0.05, 0) is 26.2 Å². The van der Waals surface area contributed by atoms with E-state index in [2.05, 4.69) is 0 Å². The summed E-state index contributed by atoms with van der Waals surface area (Å²) in [6.07, 6.45) is 0.273. The number of carbonyl (C=O) groups excluding carboxylic acids is 1. The number of nitrogens with zero attached hydrogens (tertiary/aromatic N) is 1. The summed E-state index contributed by atoms with van der Waals surface area (Å²) >= 11 is 0. The highest BCUT2D eigenvalue weighted by Crippen LogP contribution is 2.16. The summed E-state index contributed by atoms with van der Waals surface area (Å²) in [6.45, 7) is 0.582. The van der Waals surface area contributed by atoms with E-state index >= 15 is 0 Å². The van der Waals surface area contributed by atoms with Gasteiger partial charge in [-0.15, -0.1) is 0 Å². The summed E-state index contributed by atoms with van der Waals surface area (Å²) in [4.78, 5) is 13.4. The van der Waals surface area contributed by atoms with Crippen LogP contribution in [0.25, 0.3) is 0 Å². The van der Waals surface area contributed by atoms with Gasteiger partial charge in [-0.3, -0.25) is 4.79 Å². The lowest BCUT2D eigenvalue weighted by Gasteiger charge is -2.08. The van der Waals surface area contributed by atoms with Gasteiger partial charge in [0.05, 0.1) is 5.56 Å². The van der Waals surface area contributed by atoms with Crippen molar-refractivity contribution in [3.05, 3.63) is 29.6 Å². The van der Waals surface area contributed by atoms with Crippen LogP contribution in [-0.2, 0) is 0 Å². The third-order valence-corrected chi connectivity index (χ3v) is 2.04. The fourth-order valence-corrected chi connectivity index (χ4v) is 1.19. The molecule has 1 rings (SSSR count). The quantitative estimate of drug-likeness (QED) is 0.770. The molecule has 0 heterocycles. The summed E-state index contributed by atoms with van der Waals surface area (Å²) in [5.41, 5.74) is 0.0367. The minimum absolute atomic E-state index is 0.0367. The maximum atomic E-state index is 13.2. The van der Waals surface area contributed by atoms with Gasteiger partial charge < -0.3 is 10.0 Å². The first-order chi connectivity index (χ1) is 7.00. The molecule has 0 radical (unpaired) electrons. The molecule has 1 aromatic carbocycles. The van der Waals surface area contributed by atoms with Crippen molar-refractivity contribution >= 4 is 5.78 Å². The molecule has 0 atom stereocenters. The van der Waals surface area contributed by atoms with E-state index in [-0.39, 0.29) is 23.5 Å². The third-order valence-electron chi connectivity index (χ3n) is 2.04. The molecule has 1 aromatic rings. The number of phenolic OH excluding ortho intramolecular Hbond substituents is 1. The Morgan fingerprint density at radius 1 is 1.47 bits per heavy atom. The van der Waals surface area contributed by atoms with E-state index < -0.39 is 5.82 Å². The molecule has 3 nitrogen and oxygen atoms in total. The molecule has 0 bridgehead atoms. The standard InChI is InChI=1S/C11H14FNO2/c1-13(2)6-5-11(15)9-4-3-8(14)7-10(9)12/h3-4,7,14H,5-6H2,1-2H3. The van der Waals surface area contributed by atoms with Gasteiger partial charge in [-0.25, -0.2) is 4.39 Å². The van der Waals surface area contributed by atoms with Crippen molar-refractivity contribution in [3.8, 4) is 5.75 Å². The van der Waals surface area contributed by atoms with E-state index in [4.69, 9.17) is 5.11 Å². The van der Waals surface area contributed by atoms with Gasteiger partial charge in [0.15, 0.2) is 5.78 Å². The average Bonchev–Trinajstić information content (AvgIpc) is 2.14. The van der Waals surface area contributed by atoms with Crippen molar-refractivity contribution in [2.75, 3.05) is 20.6 Å². The topological polar surface area (TPSA) is 40.5 Å². The number of hydrogen-bond acceptors (Lipinski definition) is 3. The van der Waals surface area contributed by atoms with Crippen molar-refractivity contribution in [3.63, 3.8) is 0 Å². The van der Waals surface area contributed by atoms with E-state index in [1.165, 1.54) is 12.1 Å². The maximum absolute atomic E-state index is 13.2. The Morgan fingerprint density at radius 2 is 2.13 bits per heavy atom. The molecule has 15 heavy (non-hydrogen) atoms. The summed E-state index contributed by atoms with van der Waals surface area (Å²) in [5.74, 6) is -1.09. The van der Waals surface area contributed by atoms with E-state index in [0.29, 0.717) is 6.54 Å². The second-order valence-electron chi connectivity index (χ2n) is 3.64. The van der Waals surface area contributed by atoms with Crippen LogP contribution in [0.15, 0.2) is 18.2 Å². The first kappa shape index (κ1) is 11.7. The van der Waals surface area contributed by atoms with Crippen LogP contribution >= 0.6 is 0 Å². The summed E-state index contributed by atoms with van der Waals surface area (Å²) in [6, 6.07) is 3.57. The van der Waals surface area contributed by atoms with E-state index in [9.17, 15) is 9.18 Å². The summed E-state index contributed by atoms with van der Waals surface area (Å²) in [5, 5.41) is 8.98. The van der Waals surface area contributed by atoms with E-state index in [1.807, 2.05) is 19.0 Å². The van der Waals surface area contributed by atoms with Crippen molar-refractivity contribution in [1.82, 2.24) is 4.90 Å². The molecule has 0 unspecified atom stereocenters. The second kappa shape index (κ2) is 4.89. The zero-order valence-electron chi connectivity index (χ0n) is 8.83. The zero-order chi connectivity index (χ0) is 11.4. The minimum Gasteiger partial charge on any atom is -0.508 e. The molecule has 82 valence electrons. The predicted molar refractivity (Wildman–Crippen MR) is 55.6 cm³/mol. The van der Waals surface area contributed by atoms with Crippen molar-refractivity contribution in [2.45, 2.75) is 6.42 Å². The molecule has 1 N–H and O–H groups in total. The number of rotatable bonds is 4. The number of halogens is 1. The van der Waals surface area contributed by atoms with Gasteiger partial charge in [-0.1, -0.05) is 0 Å². The highest BCUT2D eigenvalue weighted by atomic mass is 19.1. The lowest BCUT2D eigenvalue weighted by Crippen LogP contribution is -2.17. The number of phenols is 1. The number of ketones is 1. The van der Waals surface area contributed by atoms with Crippen molar-refractivity contribution in [2.24, 2.45) is 0 Å². The average molecular weight is 211 g/mol. The van der Waals surface area contributed by atoms with Gasteiger partial charge in [0.1, 0.15) is 11.6 Å². The zero-order valence-corrected chi connectivity index (χ0v) is 8.83. The molecular weight excluding hydrogens is 197 g/mol. The lowest BCUT2D eigenvalue weighted by molar-refractivity contribution is 0.0968. The fourth-order valence-electron chi connectivity index (χ4n) is 1.19. The molecule has 0 aliphatic carbocycles. The monoisotopic (exact) mass is 211 g/mol. The Morgan fingerprint density at radius 3 is 2.67 bits per heavy atom. The predicted octanol–water partition coefficient (Wildman–Crippen LogP) is 1.67. The molecule has 0 aromatic heterocycles. The van der Waals surface area contributed by atoms with Crippen LogP contribution in [-0.4, -0.2) is 36.4 Å².